The van der Waals surface area contributed by atoms with Crippen LogP contribution < -0.4 is 0 Å². The molecule has 0 amide bonds. The number of benzene rings is 2. The van der Waals surface area contributed by atoms with Gasteiger partial charge in [-0.15, -0.1) is 0 Å². The fraction of sp³-hybridized carbons (Fsp3) is 0.211. The Bertz CT molecular complexity index is 783. The van der Waals surface area contributed by atoms with Gasteiger partial charge in [0.05, 0.1) is 5.69 Å². The van der Waals surface area contributed by atoms with Crippen LogP contribution in [0.25, 0.3) is 6.08 Å². The summed E-state index contributed by atoms with van der Waals surface area (Å²) >= 11 is 0. The van der Waals surface area contributed by atoms with Crippen molar-refractivity contribution in [3.05, 3.63) is 59.2 Å². The van der Waals surface area contributed by atoms with E-state index in [1.165, 1.54) is 25.1 Å². The molecule has 0 heterocycles. The van der Waals surface area contributed by atoms with Crippen LogP contribution in [0.4, 0.5) is 14.5 Å². The van der Waals surface area contributed by atoms with Crippen LogP contribution in [0.15, 0.2) is 35.8 Å². The number of aromatic hydroxyl groups is 2. The van der Waals surface area contributed by atoms with Crippen LogP contribution in [-0.2, 0) is 0 Å². The zero-order valence-corrected chi connectivity index (χ0v) is 14.2. The molecule has 0 fully saturated rings. The number of nitrogens with zero attached hydrogens (tertiary/aromatic N) is 1. The maximum atomic E-state index is 13.9. The molecule has 3 nitrogen and oxygen atoms in total. The van der Waals surface area contributed by atoms with E-state index in [1.54, 1.807) is 13.0 Å². The maximum Gasteiger partial charge on any atom is 0.201 e. The molecule has 0 aromatic heterocycles. The predicted molar refractivity (Wildman–Crippen MR) is 94.2 cm³/mol. The van der Waals surface area contributed by atoms with Crippen molar-refractivity contribution in [3.8, 4) is 11.5 Å². The number of hydrogen-bond donors (Lipinski definition) is 2. The molecule has 0 saturated carbocycles. The zero-order chi connectivity index (χ0) is 18.4. The van der Waals surface area contributed by atoms with Crippen molar-refractivity contribution in [3.63, 3.8) is 0 Å². The lowest BCUT2D eigenvalue weighted by Gasteiger charge is -2.09. The first-order valence-corrected chi connectivity index (χ1v) is 7.53. The SMILES string of the molecule is C=Cc1cc(O)cc(N=C(C)c2ccc(O)c(F)c2F)c1C.CC. The summed E-state index contributed by atoms with van der Waals surface area (Å²) in [5.74, 6) is -3.23. The van der Waals surface area contributed by atoms with Gasteiger partial charge in [0.15, 0.2) is 11.6 Å². The van der Waals surface area contributed by atoms with Crippen LogP contribution in [-0.4, -0.2) is 15.9 Å². The van der Waals surface area contributed by atoms with Gasteiger partial charge in [0.25, 0.3) is 0 Å². The van der Waals surface area contributed by atoms with E-state index < -0.39 is 17.4 Å². The molecule has 2 aromatic carbocycles. The van der Waals surface area contributed by atoms with Crippen LogP contribution in [0.2, 0.25) is 0 Å². The maximum absolute atomic E-state index is 13.9. The van der Waals surface area contributed by atoms with Gasteiger partial charge < -0.3 is 10.2 Å². The standard InChI is InChI=1S/C17H15F2NO2.C2H6/c1-4-11-7-12(21)8-14(9(11)2)20-10(3)13-5-6-15(22)17(19)16(13)18;1-2/h4-8,21-22H,1H2,2-3H3;1-2H3. The van der Waals surface area contributed by atoms with E-state index in [4.69, 9.17) is 5.11 Å². The smallest absolute Gasteiger partial charge is 0.201 e. The second-order valence-corrected chi connectivity index (χ2v) is 4.84. The monoisotopic (exact) mass is 333 g/mol. The Labute approximate surface area is 140 Å². The number of rotatable bonds is 3. The molecule has 5 heteroatoms. The lowest BCUT2D eigenvalue weighted by Crippen LogP contribution is -2.01. The Morgan fingerprint density at radius 3 is 2.33 bits per heavy atom. The molecule has 0 radical (unpaired) electrons. The van der Waals surface area contributed by atoms with E-state index in [0.717, 1.165) is 11.6 Å². The third-order valence-electron chi connectivity index (χ3n) is 3.36. The van der Waals surface area contributed by atoms with Gasteiger partial charge in [0, 0.05) is 17.3 Å². The average molecular weight is 333 g/mol. The van der Waals surface area contributed by atoms with Crippen molar-refractivity contribution < 1.29 is 19.0 Å². The van der Waals surface area contributed by atoms with Crippen molar-refractivity contribution in [1.29, 1.82) is 0 Å². The van der Waals surface area contributed by atoms with Crippen LogP contribution in [0.5, 0.6) is 11.5 Å². The number of phenols is 2. The molecule has 24 heavy (non-hydrogen) atoms. The van der Waals surface area contributed by atoms with Crippen molar-refractivity contribution in [1.82, 2.24) is 0 Å². The number of phenolic OH excluding ortho intramolecular Hbond substituents is 2. The van der Waals surface area contributed by atoms with Crippen molar-refractivity contribution in [2.45, 2.75) is 27.7 Å². The summed E-state index contributed by atoms with van der Waals surface area (Å²) in [4.78, 5) is 4.25. The molecule has 0 atom stereocenters. The van der Waals surface area contributed by atoms with E-state index in [1.807, 2.05) is 13.8 Å². The third kappa shape index (κ3) is 3.98. The van der Waals surface area contributed by atoms with Gasteiger partial charge in [-0.3, -0.25) is 4.99 Å². The summed E-state index contributed by atoms with van der Waals surface area (Å²) in [6, 6.07) is 5.29. The van der Waals surface area contributed by atoms with Crippen LogP contribution in [0, 0.1) is 18.6 Å². The number of aliphatic imine (C=N–C) groups is 1. The molecule has 0 bridgehead atoms. The van der Waals surface area contributed by atoms with Crippen LogP contribution >= 0.6 is 0 Å². The molecule has 0 unspecified atom stereocenters. The third-order valence-corrected chi connectivity index (χ3v) is 3.36. The van der Waals surface area contributed by atoms with Gasteiger partial charge in [-0.2, -0.15) is 4.39 Å². The first-order chi connectivity index (χ1) is 11.3. The minimum Gasteiger partial charge on any atom is -0.508 e. The number of hydrogen-bond acceptors (Lipinski definition) is 3. The van der Waals surface area contributed by atoms with Gasteiger partial charge in [-0.05, 0) is 43.2 Å². The molecule has 0 aliphatic carbocycles. The van der Waals surface area contributed by atoms with E-state index >= 15 is 0 Å². The van der Waals surface area contributed by atoms with E-state index in [2.05, 4.69) is 11.6 Å². The fourth-order valence-electron chi connectivity index (χ4n) is 2.09. The molecular weight excluding hydrogens is 312 g/mol. The molecule has 0 aliphatic heterocycles. The Kier molecular flexibility index (Phi) is 6.65. The molecule has 2 rings (SSSR count). The second kappa shape index (κ2) is 8.24. The first-order valence-electron chi connectivity index (χ1n) is 7.53. The Balaban J connectivity index is 0.00000139. The lowest BCUT2D eigenvalue weighted by atomic mass is 10.1. The Hall–Kier alpha value is -2.69. The molecule has 0 spiro atoms. The average Bonchev–Trinajstić information content (AvgIpc) is 2.57. The second-order valence-electron chi connectivity index (χ2n) is 4.84. The Morgan fingerprint density at radius 1 is 1.12 bits per heavy atom. The van der Waals surface area contributed by atoms with Crippen LogP contribution in [0.1, 0.15) is 37.5 Å². The lowest BCUT2D eigenvalue weighted by molar-refractivity contribution is 0.406. The summed E-state index contributed by atoms with van der Waals surface area (Å²) in [5.41, 5.74) is 2.05. The summed E-state index contributed by atoms with van der Waals surface area (Å²) in [6.45, 7) is 11.0. The predicted octanol–water partition coefficient (Wildman–Crippen LogP) is 5.49. The van der Waals surface area contributed by atoms with E-state index in [9.17, 15) is 13.9 Å². The van der Waals surface area contributed by atoms with Gasteiger partial charge in [0.1, 0.15) is 5.75 Å². The highest BCUT2D eigenvalue weighted by atomic mass is 19.2. The Morgan fingerprint density at radius 2 is 1.75 bits per heavy atom. The van der Waals surface area contributed by atoms with E-state index in [-0.39, 0.29) is 17.0 Å². The van der Waals surface area contributed by atoms with Gasteiger partial charge in [0.2, 0.25) is 5.82 Å². The normalized spacial score (nSPS) is 10.8. The first kappa shape index (κ1) is 19.4. The molecule has 0 saturated heterocycles. The zero-order valence-electron chi connectivity index (χ0n) is 14.2. The molecular formula is C19H21F2NO2. The van der Waals surface area contributed by atoms with Crippen LogP contribution in [0.3, 0.4) is 0 Å². The molecule has 128 valence electrons. The van der Waals surface area contributed by atoms with Gasteiger partial charge in [-0.1, -0.05) is 26.5 Å². The molecule has 2 aromatic rings. The van der Waals surface area contributed by atoms with Gasteiger partial charge >= 0.3 is 0 Å². The quantitative estimate of drug-likeness (QED) is 0.729. The number of halogens is 2. The summed E-state index contributed by atoms with van der Waals surface area (Å²) < 4.78 is 27.3. The van der Waals surface area contributed by atoms with Crippen molar-refractivity contribution >= 4 is 17.5 Å². The van der Waals surface area contributed by atoms with Gasteiger partial charge in [-0.25, -0.2) is 4.39 Å². The summed E-state index contributed by atoms with van der Waals surface area (Å²) in [6.07, 6.45) is 1.57. The summed E-state index contributed by atoms with van der Waals surface area (Å²) in [7, 11) is 0. The largest absolute Gasteiger partial charge is 0.508 e. The summed E-state index contributed by atoms with van der Waals surface area (Å²) in [5, 5.41) is 18.8. The molecule has 0 aliphatic rings. The highest BCUT2D eigenvalue weighted by molar-refractivity contribution is 6.01. The van der Waals surface area contributed by atoms with Crippen molar-refractivity contribution in [2.75, 3.05) is 0 Å². The highest BCUT2D eigenvalue weighted by Crippen LogP contribution is 2.30. The van der Waals surface area contributed by atoms with Crippen molar-refractivity contribution in [2.24, 2.45) is 4.99 Å². The minimum atomic E-state index is -1.31. The fourth-order valence-corrected chi connectivity index (χ4v) is 2.09. The molecule has 2 N–H and O–H groups in total. The van der Waals surface area contributed by atoms with E-state index in [0.29, 0.717) is 11.3 Å². The highest BCUT2D eigenvalue weighted by Gasteiger charge is 2.15. The minimum absolute atomic E-state index is 0.00408. The topological polar surface area (TPSA) is 52.8 Å².